The number of H-pyrrole nitrogens is 1. The van der Waals surface area contributed by atoms with Gasteiger partial charge in [0.15, 0.2) is 6.61 Å². The van der Waals surface area contributed by atoms with Crippen molar-refractivity contribution in [2.75, 3.05) is 11.9 Å². The molecule has 0 aliphatic rings. The Kier molecular flexibility index (Phi) is 5.35. The number of amides is 1. The quantitative estimate of drug-likeness (QED) is 0.733. The monoisotopic (exact) mass is 334 g/mol. The van der Waals surface area contributed by atoms with Crippen molar-refractivity contribution in [3.8, 4) is 0 Å². The number of aliphatic hydroxyl groups is 1. The highest BCUT2D eigenvalue weighted by molar-refractivity contribution is 5.95. The molecular weight excluding hydrogens is 315 g/mol. The summed E-state index contributed by atoms with van der Waals surface area (Å²) in [5, 5.41) is 12.2. The molecule has 0 saturated carbocycles. The van der Waals surface area contributed by atoms with Gasteiger partial charge in [-0.3, -0.25) is 4.79 Å². The normalized spacial score (nSPS) is 11.9. The topological polar surface area (TPSA) is 91.4 Å². The lowest BCUT2D eigenvalue weighted by atomic mass is 10.1. The van der Waals surface area contributed by atoms with E-state index in [1.54, 1.807) is 20.8 Å². The SMILES string of the molecule is Cc1[nH]c(C(=O)OCC(=O)Nc2ccc(F)cc2)c(C)c1[C@H](C)O. The molecule has 2 rings (SSSR count). The molecule has 0 unspecified atom stereocenters. The molecule has 1 atom stereocenters. The van der Waals surface area contributed by atoms with E-state index < -0.39 is 30.4 Å². The maximum absolute atomic E-state index is 12.8. The number of nitrogens with one attached hydrogen (secondary N) is 2. The van der Waals surface area contributed by atoms with Crippen LogP contribution in [-0.2, 0) is 9.53 Å². The van der Waals surface area contributed by atoms with Crippen LogP contribution in [-0.4, -0.2) is 28.6 Å². The molecule has 0 radical (unpaired) electrons. The number of halogens is 1. The van der Waals surface area contributed by atoms with E-state index in [9.17, 15) is 19.1 Å². The van der Waals surface area contributed by atoms with Gasteiger partial charge in [0.2, 0.25) is 0 Å². The maximum Gasteiger partial charge on any atom is 0.355 e. The van der Waals surface area contributed by atoms with Gasteiger partial charge in [0.1, 0.15) is 11.5 Å². The molecule has 0 aliphatic carbocycles. The van der Waals surface area contributed by atoms with Gasteiger partial charge < -0.3 is 20.1 Å². The number of aliphatic hydroxyl groups excluding tert-OH is 1. The Hall–Kier alpha value is -2.67. The van der Waals surface area contributed by atoms with Crippen molar-refractivity contribution >= 4 is 17.6 Å². The summed E-state index contributed by atoms with van der Waals surface area (Å²) in [7, 11) is 0. The molecule has 1 aromatic heterocycles. The van der Waals surface area contributed by atoms with Crippen LogP contribution in [0.1, 0.15) is 40.3 Å². The molecule has 0 spiro atoms. The van der Waals surface area contributed by atoms with Crippen LogP contribution in [0.25, 0.3) is 0 Å². The Morgan fingerprint density at radius 1 is 1.29 bits per heavy atom. The fourth-order valence-electron chi connectivity index (χ4n) is 2.53. The van der Waals surface area contributed by atoms with E-state index in [-0.39, 0.29) is 5.69 Å². The number of anilines is 1. The Labute approximate surface area is 138 Å². The van der Waals surface area contributed by atoms with E-state index in [1.165, 1.54) is 24.3 Å². The van der Waals surface area contributed by atoms with E-state index in [0.29, 0.717) is 22.5 Å². The van der Waals surface area contributed by atoms with E-state index in [0.717, 1.165) is 0 Å². The lowest BCUT2D eigenvalue weighted by molar-refractivity contribution is -0.119. The van der Waals surface area contributed by atoms with E-state index >= 15 is 0 Å². The molecule has 0 fully saturated rings. The summed E-state index contributed by atoms with van der Waals surface area (Å²) < 4.78 is 17.8. The summed E-state index contributed by atoms with van der Waals surface area (Å²) in [6.07, 6.45) is -0.718. The average molecular weight is 334 g/mol. The molecule has 3 N–H and O–H groups in total. The van der Waals surface area contributed by atoms with Crippen LogP contribution in [0.15, 0.2) is 24.3 Å². The number of rotatable bonds is 5. The van der Waals surface area contributed by atoms with Gasteiger partial charge in [-0.15, -0.1) is 0 Å². The number of hydrogen-bond acceptors (Lipinski definition) is 4. The standard InChI is InChI=1S/C17H19FN2O4/c1-9-15(11(3)21)10(2)19-16(9)17(23)24-8-14(22)20-13-6-4-12(18)5-7-13/h4-7,11,19,21H,8H2,1-3H3,(H,20,22)/t11-/m0/s1. The zero-order valence-corrected chi connectivity index (χ0v) is 13.6. The van der Waals surface area contributed by atoms with Crippen molar-refractivity contribution in [2.24, 2.45) is 0 Å². The van der Waals surface area contributed by atoms with Gasteiger partial charge in [-0.05, 0) is 50.6 Å². The van der Waals surface area contributed by atoms with Gasteiger partial charge in [-0.2, -0.15) is 0 Å². The van der Waals surface area contributed by atoms with Crippen LogP contribution in [0.4, 0.5) is 10.1 Å². The van der Waals surface area contributed by atoms with Gasteiger partial charge in [-0.1, -0.05) is 0 Å². The molecule has 128 valence electrons. The minimum absolute atomic E-state index is 0.206. The van der Waals surface area contributed by atoms with Crippen LogP contribution in [0.3, 0.4) is 0 Å². The third-order valence-corrected chi connectivity index (χ3v) is 3.58. The Bertz CT molecular complexity index is 751. The number of aromatic nitrogens is 1. The zero-order valence-electron chi connectivity index (χ0n) is 13.6. The smallest absolute Gasteiger partial charge is 0.355 e. The number of aryl methyl sites for hydroxylation is 1. The van der Waals surface area contributed by atoms with Crippen molar-refractivity contribution in [3.63, 3.8) is 0 Å². The van der Waals surface area contributed by atoms with Crippen molar-refractivity contribution in [3.05, 3.63) is 52.6 Å². The van der Waals surface area contributed by atoms with Crippen LogP contribution in [0, 0.1) is 19.7 Å². The number of aromatic amines is 1. The maximum atomic E-state index is 12.8. The molecular formula is C17H19FN2O4. The van der Waals surface area contributed by atoms with Crippen molar-refractivity contribution < 1.29 is 23.8 Å². The second-order valence-electron chi connectivity index (χ2n) is 5.47. The second kappa shape index (κ2) is 7.27. The van der Waals surface area contributed by atoms with Gasteiger partial charge in [0.05, 0.1) is 6.10 Å². The summed E-state index contributed by atoms with van der Waals surface area (Å²) in [5.41, 5.74) is 2.51. The van der Waals surface area contributed by atoms with Crippen molar-refractivity contribution in [1.29, 1.82) is 0 Å². The van der Waals surface area contributed by atoms with Crippen LogP contribution in [0.5, 0.6) is 0 Å². The summed E-state index contributed by atoms with van der Waals surface area (Å²) in [4.78, 5) is 26.7. The van der Waals surface area contributed by atoms with Gasteiger partial charge >= 0.3 is 5.97 Å². The van der Waals surface area contributed by atoms with E-state index in [1.807, 2.05) is 0 Å². The lowest BCUT2D eigenvalue weighted by Gasteiger charge is -2.07. The predicted octanol–water partition coefficient (Wildman–Crippen LogP) is 2.62. The minimum Gasteiger partial charge on any atom is -0.451 e. The third kappa shape index (κ3) is 3.99. The first kappa shape index (κ1) is 17.7. The summed E-state index contributed by atoms with van der Waals surface area (Å²) in [5.74, 6) is -1.63. The molecule has 1 aromatic carbocycles. The fourth-order valence-corrected chi connectivity index (χ4v) is 2.53. The fraction of sp³-hybridized carbons (Fsp3) is 0.294. The zero-order chi connectivity index (χ0) is 17.9. The number of carbonyl (C=O) groups excluding carboxylic acids is 2. The second-order valence-corrected chi connectivity index (χ2v) is 5.47. The highest BCUT2D eigenvalue weighted by atomic mass is 19.1. The first-order valence-electron chi connectivity index (χ1n) is 7.39. The molecule has 0 aliphatic heterocycles. The Morgan fingerprint density at radius 3 is 2.46 bits per heavy atom. The predicted molar refractivity (Wildman–Crippen MR) is 86.2 cm³/mol. The molecule has 0 saturated heterocycles. The average Bonchev–Trinajstić information content (AvgIpc) is 2.82. The van der Waals surface area contributed by atoms with E-state index in [4.69, 9.17) is 4.74 Å². The van der Waals surface area contributed by atoms with Crippen LogP contribution < -0.4 is 5.32 Å². The molecule has 7 heteroatoms. The lowest BCUT2D eigenvalue weighted by Crippen LogP contribution is -2.21. The highest BCUT2D eigenvalue weighted by Crippen LogP contribution is 2.24. The van der Waals surface area contributed by atoms with Gasteiger partial charge in [0, 0.05) is 16.9 Å². The van der Waals surface area contributed by atoms with Crippen molar-refractivity contribution in [2.45, 2.75) is 26.9 Å². The summed E-state index contributed by atoms with van der Waals surface area (Å²) in [6.45, 7) is 4.57. The number of hydrogen-bond donors (Lipinski definition) is 3. The summed E-state index contributed by atoms with van der Waals surface area (Å²) in [6, 6.07) is 5.24. The van der Waals surface area contributed by atoms with Crippen molar-refractivity contribution in [1.82, 2.24) is 4.98 Å². The van der Waals surface area contributed by atoms with Crippen LogP contribution in [0.2, 0.25) is 0 Å². The molecule has 0 bridgehead atoms. The minimum atomic E-state index is -0.718. The first-order chi connectivity index (χ1) is 11.3. The summed E-state index contributed by atoms with van der Waals surface area (Å²) >= 11 is 0. The molecule has 24 heavy (non-hydrogen) atoms. The molecule has 2 aromatic rings. The molecule has 6 nitrogen and oxygen atoms in total. The van der Waals surface area contributed by atoms with Gasteiger partial charge in [-0.25, -0.2) is 9.18 Å². The number of benzene rings is 1. The van der Waals surface area contributed by atoms with Crippen LogP contribution >= 0.6 is 0 Å². The number of esters is 1. The molecule has 1 amide bonds. The number of ether oxygens (including phenoxy) is 1. The number of carbonyl (C=O) groups is 2. The first-order valence-corrected chi connectivity index (χ1v) is 7.39. The van der Waals surface area contributed by atoms with Gasteiger partial charge in [0.25, 0.3) is 5.91 Å². The Balaban J connectivity index is 1.97. The third-order valence-electron chi connectivity index (χ3n) is 3.58. The molecule has 1 heterocycles. The highest BCUT2D eigenvalue weighted by Gasteiger charge is 2.21. The largest absolute Gasteiger partial charge is 0.451 e. The van der Waals surface area contributed by atoms with E-state index in [2.05, 4.69) is 10.3 Å². The Morgan fingerprint density at radius 2 is 1.92 bits per heavy atom.